The molecule has 0 amide bonds. The van der Waals surface area contributed by atoms with Gasteiger partial charge in [0.15, 0.2) is 11.7 Å². The summed E-state index contributed by atoms with van der Waals surface area (Å²) in [6.45, 7) is 8.76. The van der Waals surface area contributed by atoms with Gasteiger partial charge in [0.25, 0.3) is 0 Å². The molecule has 4 rings (SSSR count). The van der Waals surface area contributed by atoms with Gasteiger partial charge >= 0.3 is 29.8 Å². The molecule has 2 bridgehead atoms. The van der Waals surface area contributed by atoms with Crippen LogP contribution in [0.4, 0.5) is 0 Å². The molecule has 1 spiro atoms. The van der Waals surface area contributed by atoms with Crippen LogP contribution in [0.2, 0.25) is 0 Å². The summed E-state index contributed by atoms with van der Waals surface area (Å²) in [6, 6.07) is 7.97. The summed E-state index contributed by atoms with van der Waals surface area (Å²) in [5, 5.41) is 22.9. The van der Waals surface area contributed by atoms with E-state index in [2.05, 4.69) is 0 Å². The molecule has 0 aromatic heterocycles. The second-order valence-electron chi connectivity index (χ2n) is 13.4. The second kappa shape index (κ2) is 11.7. The number of benzene rings is 1. The summed E-state index contributed by atoms with van der Waals surface area (Å²) in [5.41, 5.74) is -8.83. The number of rotatable bonds is 8. The molecule has 2 saturated carbocycles. The van der Waals surface area contributed by atoms with E-state index in [0.29, 0.717) is 0 Å². The monoisotopic (exact) mass is 634 g/mol. The van der Waals surface area contributed by atoms with Crippen LogP contribution in [0, 0.1) is 17.3 Å². The summed E-state index contributed by atoms with van der Waals surface area (Å²) < 4.78 is 35.4. The van der Waals surface area contributed by atoms with Gasteiger partial charge in [-0.1, -0.05) is 18.2 Å². The highest BCUT2D eigenvalue weighted by Crippen LogP contribution is 2.70. The fourth-order valence-corrected chi connectivity index (χ4v) is 7.62. The highest BCUT2D eigenvalue weighted by atomic mass is 16.6. The Labute approximate surface area is 261 Å². The molecular weight excluding hydrogens is 592 g/mol. The maximum absolute atomic E-state index is 13.9. The van der Waals surface area contributed by atoms with Gasteiger partial charge < -0.3 is 38.6 Å². The Morgan fingerprint density at radius 1 is 0.956 bits per heavy atom. The van der Waals surface area contributed by atoms with Crippen LogP contribution in [0.3, 0.4) is 0 Å². The van der Waals surface area contributed by atoms with Crippen LogP contribution in [0.5, 0.6) is 0 Å². The molecule has 1 aromatic rings. The summed E-state index contributed by atoms with van der Waals surface area (Å²) >= 11 is 0. The Hall–Kier alpha value is -3.55. The van der Waals surface area contributed by atoms with E-state index >= 15 is 0 Å². The molecule has 2 N–H and O–H groups in total. The fourth-order valence-electron chi connectivity index (χ4n) is 7.62. The van der Waals surface area contributed by atoms with Gasteiger partial charge in [0, 0.05) is 26.2 Å². The van der Waals surface area contributed by atoms with Gasteiger partial charge in [-0.25, -0.2) is 9.59 Å². The predicted molar refractivity (Wildman–Crippen MR) is 153 cm³/mol. The Morgan fingerprint density at radius 2 is 1.56 bits per heavy atom. The van der Waals surface area contributed by atoms with E-state index in [1.807, 2.05) is 0 Å². The van der Waals surface area contributed by atoms with E-state index in [9.17, 15) is 34.2 Å². The molecule has 1 heterocycles. The van der Waals surface area contributed by atoms with Crippen molar-refractivity contribution in [1.82, 2.24) is 0 Å². The number of esters is 5. The maximum Gasteiger partial charge on any atom is 0.338 e. The van der Waals surface area contributed by atoms with Crippen molar-refractivity contribution in [2.24, 2.45) is 17.3 Å². The second-order valence-corrected chi connectivity index (χ2v) is 13.4. The van der Waals surface area contributed by atoms with Crippen molar-refractivity contribution in [3.8, 4) is 0 Å². The number of hydrogen-bond donors (Lipinski definition) is 2. The number of carbonyl (C=O) groups is 5. The smallest absolute Gasteiger partial charge is 0.338 e. The first-order valence-electron chi connectivity index (χ1n) is 14.7. The molecule has 0 radical (unpaired) electrons. The summed E-state index contributed by atoms with van der Waals surface area (Å²) in [4.78, 5) is 65.8. The van der Waals surface area contributed by atoms with Crippen molar-refractivity contribution < 1.29 is 62.6 Å². The lowest BCUT2D eigenvalue weighted by Crippen LogP contribution is -2.80. The minimum Gasteiger partial charge on any atom is -0.469 e. The maximum atomic E-state index is 13.9. The molecular formula is C32H42O13. The molecule has 13 heteroatoms. The SMILES string of the molecule is COC(=O)C1C(OC(C)=O)CC(C)(O)C23CC(C(OC(=O)C(C)(C)O)C(OC(C)=O)C12COC(=O)c1ccccc1)C(C)(C)O3. The number of carbonyl (C=O) groups excluding carboxylic acids is 5. The first kappa shape index (κ1) is 34.3. The largest absolute Gasteiger partial charge is 0.469 e. The van der Waals surface area contributed by atoms with Crippen molar-refractivity contribution in [2.45, 2.75) is 102 Å². The van der Waals surface area contributed by atoms with E-state index in [1.54, 1.807) is 32.0 Å². The first-order valence-corrected chi connectivity index (χ1v) is 14.7. The predicted octanol–water partition coefficient (Wildman–Crippen LogP) is 1.89. The van der Waals surface area contributed by atoms with Crippen molar-refractivity contribution in [3.05, 3.63) is 35.9 Å². The zero-order valence-corrected chi connectivity index (χ0v) is 26.8. The van der Waals surface area contributed by atoms with E-state index in [1.165, 1.54) is 32.9 Å². The van der Waals surface area contributed by atoms with Crippen molar-refractivity contribution in [1.29, 1.82) is 0 Å². The third kappa shape index (κ3) is 5.70. The number of hydrogen-bond acceptors (Lipinski definition) is 13. The average molecular weight is 635 g/mol. The molecule has 8 unspecified atom stereocenters. The molecule has 1 aromatic carbocycles. The van der Waals surface area contributed by atoms with Crippen molar-refractivity contribution in [3.63, 3.8) is 0 Å². The highest BCUT2D eigenvalue weighted by molar-refractivity contribution is 5.89. The summed E-state index contributed by atoms with van der Waals surface area (Å²) in [7, 11) is 1.11. The van der Waals surface area contributed by atoms with Gasteiger partial charge in [-0.3, -0.25) is 14.4 Å². The molecule has 1 saturated heterocycles. The van der Waals surface area contributed by atoms with Crippen LogP contribution in [0.1, 0.15) is 71.7 Å². The first-order chi connectivity index (χ1) is 20.7. The summed E-state index contributed by atoms with van der Waals surface area (Å²) in [5.74, 6) is -6.80. The van der Waals surface area contributed by atoms with Gasteiger partial charge in [-0.05, 0) is 53.2 Å². The Morgan fingerprint density at radius 3 is 2.09 bits per heavy atom. The van der Waals surface area contributed by atoms with Crippen LogP contribution in [0.25, 0.3) is 0 Å². The molecule has 2 aliphatic carbocycles. The lowest BCUT2D eigenvalue weighted by molar-refractivity contribution is -0.331. The number of fused-ring (bicyclic) bond motifs is 1. The normalized spacial score (nSPS) is 34.9. The minimum absolute atomic E-state index is 0.0717. The third-order valence-electron chi connectivity index (χ3n) is 9.45. The quantitative estimate of drug-likeness (QED) is 0.313. The molecule has 45 heavy (non-hydrogen) atoms. The fraction of sp³-hybridized carbons (Fsp3) is 0.656. The third-order valence-corrected chi connectivity index (χ3v) is 9.45. The Kier molecular flexibility index (Phi) is 8.90. The number of methoxy groups -OCH3 is 1. The number of ether oxygens (including phenoxy) is 6. The van der Waals surface area contributed by atoms with Crippen LogP contribution >= 0.6 is 0 Å². The molecule has 1 aliphatic heterocycles. The molecule has 248 valence electrons. The standard InChI is InChI=1S/C32H42O13/c1-17(33)42-21-15-30(7,39)32-14-20(29(5,6)45-32)23(44-27(37)28(3,4)38)24(43-18(2)34)31(32,22(21)26(36)40-8)16-41-25(35)19-12-10-9-11-13-19/h9-13,20-24,38-39H,14-16H2,1-8H3. The molecule has 3 aliphatic rings. The number of aliphatic hydroxyl groups is 2. The lowest BCUT2D eigenvalue weighted by atomic mass is 9.44. The topological polar surface area (TPSA) is 181 Å². The zero-order chi connectivity index (χ0) is 33.8. The van der Waals surface area contributed by atoms with Crippen molar-refractivity contribution >= 4 is 29.8 Å². The van der Waals surface area contributed by atoms with Crippen LogP contribution in [0.15, 0.2) is 30.3 Å². The van der Waals surface area contributed by atoms with E-state index in [0.717, 1.165) is 21.0 Å². The van der Waals surface area contributed by atoms with Gasteiger partial charge in [-0.2, -0.15) is 0 Å². The Bertz CT molecular complexity index is 1350. The van der Waals surface area contributed by atoms with E-state index in [4.69, 9.17) is 28.4 Å². The summed E-state index contributed by atoms with van der Waals surface area (Å²) in [6.07, 6.45) is -4.80. The van der Waals surface area contributed by atoms with Gasteiger partial charge in [0.2, 0.25) is 0 Å². The minimum atomic E-state index is -2.08. The Balaban J connectivity index is 2.06. The van der Waals surface area contributed by atoms with Gasteiger partial charge in [-0.15, -0.1) is 0 Å². The van der Waals surface area contributed by atoms with Gasteiger partial charge in [0.05, 0.1) is 29.3 Å². The zero-order valence-electron chi connectivity index (χ0n) is 26.8. The van der Waals surface area contributed by atoms with E-state index < -0.39 is 94.4 Å². The van der Waals surface area contributed by atoms with Crippen LogP contribution < -0.4 is 0 Å². The molecule has 8 atom stereocenters. The lowest BCUT2D eigenvalue weighted by Gasteiger charge is -2.65. The van der Waals surface area contributed by atoms with E-state index in [-0.39, 0.29) is 18.4 Å². The average Bonchev–Trinajstić information content (AvgIpc) is 3.20. The highest BCUT2D eigenvalue weighted by Gasteiger charge is 2.84. The van der Waals surface area contributed by atoms with Crippen LogP contribution in [-0.4, -0.2) is 94.5 Å². The molecule has 3 fully saturated rings. The molecule has 13 nitrogen and oxygen atoms in total. The van der Waals surface area contributed by atoms with Crippen LogP contribution in [-0.2, 0) is 47.6 Å². The van der Waals surface area contributed by atoms with Gasteiger partial charge in [0.1, 0.15) is 30.3 Å². The van der Waals surface area contributed by atoms with Crippen molar-refractivity contribution in [2.75, 3.05) is 13.7 Å².